The number of aliphatic carboxylic acids is 1. The minimum atomic E-state index is -0.769. The second kappa shape index (κ2) is 7.78. The molecule has 5 heteroatoms. The SMILES string of the molecule is CCCC1(C(=O)O)CCCN(C(=O)C(CN)CC(C)C)C1. The monoisotopic (exact) mass is 298 g/mol. The largest absolute Gasteiger partial charge is 0.481 e. The average molecular weight is 298 g/mol. The zero-order valence-corrected chi connectivity index (χ0v) is 13.6. The van der Waals surface area contributed by atoms with E-state index in [0.717, 1.165) is 19.3 Å². The number of carboxylic acids is 1. The van der Waals surface area contributed by atoms with Crippen molar-refractivity contribution in [3.8, 4) is 0 Å². The summed E-state index contributed by atoms with van der Waals surface area (Å²) in [6, 6.07) is 0. The molecule has 1 aliphatic rings. The summed E-state index contributed by atoms with van der Waals surface area (Å²) in [5.74, 6) is -0.508. The Hall–Kier alpha value is -1.10. The number of carbonyl (C=O) groups excluding carboxylic acids is 1. The molecule has 1 aliphatic heterocycles. The topological polar surface area (TPSA) is 83.6 Å². The van der Waals surface area contributed by atoms with Gasteiger partial charge in [0.1, 0.15) is 0 Å². The van der Waals surface area contributed by atoms with E-state index in [1.54, 1.807) is 4.90 Å². The molecule has 2 unspecified atom stereocenters. The summed E-state index contributed by atoms with van der Waals surface area (Å²) in [7, 11) is 0. The first kappa shape index (κ1) is 18.0. The number of carbonyl (C=O) groups is 2. The minimum absolute atomic E-state index is 0.0348. The maximum absolute atomic E-state index is 12.6. The molecule has 3 N–H and O–H groups in total. The van der Waals surface area contributed by atoms with Gasteiger partial charge in [0.25, 0.3) is 0 Å². The number of rotatable bonds is 7. The van der Waals surface area contributed by atoms with Crippen LogP contribution in [0.15, 0.2) is 0 Å². The number of likely N-dealkylation sites (tertiary alicyclic amines) is 1. The zero-order chi connectivity index (χ0) is 16.0. The quantitative estimate of drug-likeness (QED) is 0.754. The van der Waals surface area contributed by atoms with Gasteiger partial charge in [-0.15, -0.1) is 0 Å². The van der Waals surface area contributed by atoms with Crippen LogP contribution in [0.1, 0.15) is 52.9 Å². The Morgan fingerprint density at radius 2 is 2.05 bits per heavy atom. The van der Waals surface area contributed by atoms with Crippen LogP contribution >= 0.6 is 0 Å². The standard InChI is InChI=1S/C16H30N2O3/c1-4-6-16(15(20)21)7-5-8-18(11-16)14(19)13(10-17)9-12(2)3/h12-13H,4-11,17H2,1-3H3,(H,20,21). The third-order valence-corrected chi connectivity index (χ3v) is 4.46. The molecule has 0 aromatic rings. The molecule has 1 heterocycles. The Kier molecular flexibility index (Phi) is 6.65. The van der Waals surface area contributed by atoms with Crippen molar-refractivity contribution in [3.63, 3.8) is 0 Å². The van der Waals surface area contributed by atoms with E-state index in [2.05, 4.69) is 13.8 Å². The normalized spacial score (nSPS) is 24.1. The fourth-order valence-electron chi connectivity index (χ4n) is 3.41. The highest BCUT2D eigenvalue weighted by molar-refractivity contribution is 5.81. The van der Waals surface area contributed by atoms with Gasteiger partial charge in [-0.3, -0.25) is 9.59 Å². The summed E-state index contributed by atoms with van der Waals surface area (Å²) in [6.45, 7) is 7.47. The van der Waals surface area contributed by atoms with E-state index in [-0.39, 0.29) is 11.8 Å². The van der Waals surface area contributed by atoms with Crippen LogP contribution in [0.4, 0.5) is 0 Å². The number of hydrogen-bond acceptors (Lipinski definition) is 3. The molecule has 21 heavy (non-hydrogen) atoms. The number of carboxylic acid groups (broad SMARTS) is 1. The molecule has 1 amide bonds. The number of nitrogens with zero attached hydrogens (tertiary/aromatic N) is 1. The van der Waals surface area contributed by atoms with E-state index in [1.165, 1.54) is 0 Å². The number of nitrogens with two attached hydrogens (primary N) is 1. The van der Waals surface area contributed by atoms with Crippen LogP contribution < -0.4 is 5.73 Å². The maximum Gasteiger partial charge on any atom is 0.311 e. The second-order valence-corrected chi connectivity index (χ2v) is 6.76. The van der Waals surface area contributed by atoms with E-state index in [1.807, 2.05) is 6.92 Å². The summed E-state index contributed by atoms with van der Waals surface area (Å²) < 4.78 is 0. The van der Waals surface area contributed by atoms with Gasteiger partial charge in [0, 0.05) is 19.6 Å². The summed E-state index contributed by atoms with van der Waals surface area (Å²) in [4.78, 5) is 26.1. The van der Waals surface area contributed by atoms with Crippen LogP contribution in [-0.4, -0.2) is 41.5 Å². The third kappa shape index (κ3) is 4.43. The lowest BCUT2D eigenvalue weighted by molar-refractivity contribution is -0.156. The third-order valence-electron chi connectivity index (χ3n) is 4.46. The maximum atomic E-state index is 12.6. The van der Waals surface area contributed by atoms with Gasteiger partial charge in [-0.2, -0.15) is 0 Å². The Bertz CT molecular complexity index is 367. The van der Waals surface area contributed by atoms with Crippen LogP contribution in [0, 0.1) is 17.3 Å². The van der Waals surface area contributed by atoms with E-state index < -0.39 is 11.4 Å². The van der Waals surface area contributed by atoms with Crippen molar-refractivity contribution in [3.05, 3.63) is 0 Å². The molecule has 0 radical (unpaired) electrons. The van der Waals surface area contributed by atoms with E-state index >= 15 is 0 Å². The first-order chi connectivity index (χ1) is 9.86. The van der Waals surface area contributed by atoms with Crippen LogP contribution in [0.25, 0.3) is 0 Å². The smallest absolute Gasteiger partial charge is 0.311 e. The molecule has 1 fully saturated rings. The second-order valence-electron chi connectivity index (χ2n) is 6.76. The van der Waals surface area contributed by atoms with Crippen molar-refractivity contribution in [1.29, 1.82) is 0 Å². The highest BCUT2D eigenvalue weighted by Gasteiger charge is 2.43. The molecule has 122 valence electrons. The van der Waals surface area contributed by atoms with Crippen molar-refractivity contribution in [2.24, 2.45) is 23.0 Å². The molecule has 5 nitrogen and oxygen atoms in total. The van der Waals surface area contributed by atoms with E-state index in [0.29, 0.717) is 38.4 Å². The first-order valence-corrected chi connectivity index (χ1v) is 8.08. The van der Waals surface area contributed by atoms with Crippen molar-refractivity contribution >= 4 is 11.9 Å². The predicted molar refractivity (Wildman–Crippen MR) is 82.8 cm³/mol. The summed E-state index contributed by atoms with van der Waals surface area (Å²) in [6.07, 6.45) is 3.64. The number of amides is 1. The Balaban J connectivity index is 2.82. The van der Waals surface area contributed by atoms with Crippen LogP contribution in [0.2, 0.25) is 0 Å². The van der Waals surface area contributed by atoms with Crippen molar-refractivity contribution in [1.82, 2.24) is 4.90 Å². The lowest BCUT2D eigenvalue weighted by atomic mass is 9.76. The van der Waals surface area contributed by atoms with Gasteiger partial charge in [0.05, 0.1) is 11.3 Å². The van der Waals surface area contributed by atoms with Crippen molar-refractivity contribution in [2.75, 3.05) is 19.6 Å². The van der Waals surface area contributed by atoms with Gasteiger partial charge < -0.3 is 15.7 Å². The van der Waals surface area contributed by atoms with E-state index in [4.69, 9.17) is 5.73 Å². The van der Waals surface area contributed by atoms with Crippen LogP contribution in [-0.2, 0) is 9.59 Å². The highest BCUT2D eigenvalue weighted by Crippen LogP contribution is 2.35. The highest BCUT2D eigenvalue weighted by atomic mass is 16.4. The minimum Gasteiger partial charge on any atom is -0.481 e. The van der Waals surface area contributed by atoms with Gasteiger partial charge in [-0.05, 0) is 31.6 Å². The molecule has 0 bridgehead atoms. The number of piperidine rings is 1. The first-order valence-electron chi connectivity index (χ1n) is 8.08. The lowest BCUT2D eigenvalue weighted by Crippen LogP contribution is -2.52. The molecular formula is C16H30N2O3. The summed E-state index contributed by atoms with van der Waals surface area (Å²) >= 11 is 0. The summed E-state index contributed by atoms with van der Waals surface area (Å²) in [5, 5.41) is 9.60. The van der Waals surface area contributed by atoms with Gasteiger partial charge >= 0.3 is 5.97 Å². The molecule has 0 aliphatic carbocycles. The Labute approximate surface area is 127 Å². The molecule has 0 aromatic heterocycles. The average Bonchev–Trinajstić information content (AvgIpc) is 2.44. The number of hydrogen-bond donors (Lipinski definition) is 2. The zero-order valence-electron chi connectivity index (χ0n) is 13.6. The van der Waals surface area contributed by atoms with Gasteiger partial charge in [0.15, 0.2) is 0 Å². The lowest BCUT2D eigenvalue weighted by Gasteiger charge is -2.41. The van der Waals surface area contributed by atoms with Gasteiger partial charge in [-0.1, -0.05) is 27.2 Å². The molecule has 0 saturated carbocycles. The Morgan fingerprint density at radius 1 is 1.38 bits per heavy atom. The van der Waals surface area contributed by atoms with E-state index in [9.17, 15) is 14.7 Å². The summed E-state index contributed by atoms with van der Waals surface area (Å²) in [5.41, 5.74) is 4.99. The molecule has 2 atom stereocenters. The molecule has 0 aromatic carbocycles. The predicted octanol–water partition coefficient (Wildman–Crippen LogP) is 2.10. The molecule has 1 rings (SSSR count). The van der Waals surface area contributed by atoms with Gasteiger partial charge in [0.2, 0.25) is 5.91 Å². The van der Waals surface area contributed by atoms with Crippen molar-refractivity contribution in [2.45, 2.75) is 52.9 Å². The molecule has 0 spiro atoms. The fourth-order valence-corrected chi connectivity index (χ4v) is 3.41. The molecular weight excluding hydrogens is 268 g/mol. The molecule has 1 saturated heterocycles. The van der Waals surface area contributed by atoms with Crippen molar-refractivity contribution < 1.29 is 14.7 Å². The van der Waals surface area contributed by atoms with Gasteiger partial charge in [-0.25, -0.2) is 0 Å². The van der Waals surface area contributed by atoms with Crippen LogP contribution in [0.5, 0.6) is 0 Å². The Morgan fingerprint density at radius 3 is 2.52 bits per heavy atom. The van der Waals surface area contributed by atoms with Crippen LogP contribution in [0.3, 0.4) is 0 Å². The fraction of sp³-hybridized carbons (Fsp3) is 0.875.